The van der Waals surface area contributed by atoms with Crippen molar-refractivity contribution >= 4 is 27.2 Å². The molecule has 6 aromatic rings. The van der Waals surface area contributed by atoms with Gasteiger partial charge in [0.2, 0.25) is 5.69 Å². The Labute approximate surface area is 187 Å². The van der Waals surface area contributed by atoms with Crippen molar-refractivity contribution in [2.75, 3.05) is 0 Å². The van der Waals surface area contributed by atoms with Crippen LogP contribution in [0.3, 0.4) is 0 Å². The second kappa shape index (κ2) is 5.77. The Hall–Kier alpha value is -3.65. The number of fused-ring (bicyclic) bond motifs is 8. The molecule has 2 heteroatoms. The fourth-order valence-electron chi connectivity index (χ4n) is 6.23. The Kier molecular flexibility index (Phi) is 3.24. The van der Waals surface area contributed by atoms with Crippen molar-refractivity contribution in [3.8, 4) is 22.5 Å². The van der Waals surface area contributed by atoms with Gasteiger partial charge >= 0.3 is 0 Å². The predicted molar refractivity (Wildman–Crippen MR) is 133 cm³/mol. The molecule has 2 nitrogen and oxygen atoms in total. The average Bonchev–Trinajstić information content (AvgIpc) is 3.38. The van der Waals surface area contributed by atoms with E-state index in [1.807, 2.05) is 0 Å². The quantitative estimate of drug-likeness (QED) is 0.262. The maximum absolute atomic E-state index is 2.55. The van der Waals surface area contributed by atoms with Gasteiger partial charge in [0.05, 0.1) is 16.7 Å². The zero-order valence-electron chi connectivity index (χ0n) is 18.9. The maximum Gasteiger partial charge on any atom is 0.212 e. The monoisotopic (exact) mass is 413 g/mol. The normalized spacial score (nSPS) is 14.5. The third kappa shape index (κ3) is 1.99. The van der Waals surface area contributed by atoms with Crippen LogP contribution in [0.4, 0.5) is 0 Å². The van der Waals surface area contributed by atoms with E-state index in [0.29, 0.717) is 0 Å². The largest absolute Gasteiger partial charge is 0.308 e. The molecule has 7 rings (SSSR count). The molecule has 0 radical (unpaired) electrons. The first-order valence-corrected chi connectivity index (χ1v) is 11.4. The van der Waals surface area contributed by atoms with Crippen LogP contribution in [0.2, 0.25) is 0 Å². The molecule has 3 heterocycles. The molecule has 1 aliphatic carbocycles. The summed E-state index contributed by atoms with van der Waals surface area (Å²) in [4.78, 5) is 0. The highest BCUT2D eigenvalue weighted by molar-refractivity contribution is 6.19. The van der Waals surface area contributed by atoms with Crippen LogP contribution in [0.15, 0.2) is 79.0 Å². The zero-order valence-corrected chi connectivity index (χ0v) is 18.9. The first-order chi connectivity index (χ1) is 15.5. The van der Waals surface area contributed by atoms with Gasteiger partial charge < -0.3 is 4.40 Å². The molecule has 0 bridgehead atoms. The van der Waals surface area contributed by atoms with Crippen molar-refractivity contribution < 1.29 is 4.57 Å². The molecule has 0 atom stereocenters. The highest BCUT2D eigenvalue weighted by Gasteiger charge is 2.40. The van der Waals surface area contributed by atoms with Crippen LogP contribution in [0.5, 0.6) is 0 Å². The summed E-state index contributed by atoms with van der Waals surface area (Å²) >= 11 is 0. The van der Waals surface area contributed by atoms with Gasteiger partial charge in [0.15, 0.2) is 6.20 Å². The minimum absolute atomic E-state index is 0.00166. The number of hydrogen-bond donors (Lipinski definition) is 0. The molecular weight excluding hydrogens is 388 g/mol. The summed E-state index contributed by atoms with van der Waals surface area (Å²) in [5.74, 6) is 0. The summed E-state index contributed by atoms with van der Waals surface area (Å²) in [5, 5.41) is 4.07. The Balaban J connectivity index is 1.68. The number of para-hydroxylation sites is 1. The number of nitrogens with zero attached hydrogens (tertiary/aromatic N) is 2. The van der Waals surface area contributed by atoms with Gasteiger partial charge in [0.1, 0.15) is 7.05 Å². The van der Waals surface area contributed by atoms with Crippen LogP contribution in [0.1, 0.15) is 30.5 Å². The van der Waals surface area contributed by atoms with Crippen LogP contribution in [-0.2, 0) is 12.5 Å². The number of rotatable bonds is 1. The molecule has 0 saturated heterocycles. The lowest BCUT2D eigenvalue weighted by molar-refractivity contribution is -0.660. The lowest BCUT2D eigenvalue weighted by Crippen LogP contribution is -2.30. The molecular formula is C30H25N2+. The first-order valence-electron chi connectivity index (χ1n) is 11.4. The van der Waals surface area contributed by atoms with Gasteiger partial charge in [-0.3, -0.25) is 0 Å². The molecule has 154 valence electrons. The Morgan fingerprint density at radius 1 is 0.781 bits per heavy atom. The minimum atomic E-state index is -0.00166. The summed E-state index contributed by atoms with van der Waals surface area (Å²) in [6, 6.07) is 27.0. The lowest BCUT2D eigenvalue weighted by Gasteiger charge is -2.21. The summed E-state index contributed by atoms with van der Waals surface area (Å²) in [6.45, 7) is 6.99. The highest BCUT2D eigenvalue weighted by atomic mass is 14.9. The van der Waals surface area contributed by atoms with Crippen LogP contribution in [0.25, 0.3) is 49.7 Å². The summed E-state index contributed by atoms with van der Waals surface area (Å²) < 4.78 is 4.76. The van der Waals surface area contributed by atoms with Gasteiger partial charge in [-0.15, -0.1) is 0 Å². The van der Waals surface area contributed by atoms with E-state index in [2.05, 4.69) is 116 Å². The van der Waals surface area contributed by atoms with E-state index in [0.717, 1.165) is 0 Å². The third-order valence-corrected chi connectivity index (χ3v) is 7.67. The van der Waals surface area contributed by atoms with E-state index >= 15 is 0 Å². The topological polar surface area (TPSA) is 8.29 Å². The number of benzene rings is 3. The number of pyridine rings is 1. The molecule has 3 aromatic carbocycles. The molecule has 32 heavy (non-hydrogen) atoms. The van der Waals surface area contributed by atoms with Gasteiger partial charge in [-0.05, 0) is 41.8 Å². The van der Waals surface area contributed by atoms with E-state index in [1.54, 1.807) is 0 Å². The van der Waals surface area contributed by atoms with Gasteiger partial charge in [-0.25, -0.2) is 4.57 Å². The van der Waals surface area contributed by atoms with Gasteiger partial charge in [0, 0.05) is 44.8 Å². The Bertz CT molecular complexity index is 1710. The van der Waals surface area contributed by atoms with E-state index in [9.17, 15) is 0 Å². The third-order valence-electron chi connectivity index (χ3n) is 7.67. The minimum Gasteiger partial charge on any atom is -0.308 e. The van der Waals surface area contributed by atoms with Gasteiger partial charge in [0.25, 0.3) is 0 Å². The van der Waals surface area contributed by atoms with Crippen LogP contribution < -0.4 is 4.57 Å². The second-order valence-corrected chi connectivity index (χ2v) is 9.81. The van der Waals surface area contributed by atoms with Crippen LogP contribution >= 0.6 is 0 Å². The molecule has 0 unspecified atom stereocenters. The van der Waals surface area contributed by atoms with Crippen molar-refractivity contribution in [1.82, 2.24) is 4.40 Å². The fraction of sp³-hybridized carbons (Fsp3) is 0.167. The lowest BCUT2D eigenvalue weighted by atomic mass is 9.81. The Morgan fingerprint density at radius 3 is 2.41 bits per heavy atom. The molecule has 3 aromatic heterocycles. The number of hydrogen-bond acceptors (Lipinski definition) is 0. The average molecular weight is 414 g/mol. The fourth-order valence-corrected chi connectivity index (χ4v) is 6.23. The maximum atomic E-state index is 2.55. The second-order valence-electron chi connectivity index (χ2n) is 9.81. The van der Waals surface area contributed by atoms with E-state index in [4.69, 9.17) is 0 Å². The highest BCUT2D eigenvalue weighted by Crippen LogP contribution is 2.54. The standard InChI is InChI=1S/C30H25N2/c1-18-16-26-23(17-22(18)25-14-7-8-15-31(25)4)19-11-9-12-21-27-29(32(26)28(19)21)20-10-5-6-13-24(20)30(27,2)3/h5-17H,1-4H3/q+1. The molecule has 0 fully saturated rings. The van der Waals surface area contributed by atoms with Crippen molar-refractivity contribution in [3.05, 3.63) is 95.7 Å². The van der Waals surface area contributed by atoms with Gasteiger partial charge in [-0.1, -0.05) is 56.3 Å². The van der Waals surface area contributed by atoms with Crippen LogP contribution in [0, 0.1) is 6.92 Å². The summed E-state index contributed by atoms with van der Waals surface area (Å²) in [6.07, 6.45) is 2.12. The van der Waals surface area contributed by atoms with Crippen molar-refractivity contribution in [2.45, 2.75) is 26.2 Å². The Morgan fingerprint density at radius 2 is 1.56 bits per heavy atom. The molecule has 0 spiro atoms. The predicted octanol–water partition coefficient (Wildman–Crippen LogP) is 6.79. The van der Waals surface area contributed by atoms with E-state index in [1.165, 1.54) is 66.4 Å². The number of aromatic nitrogens is 2. The number of aryl methyl sites for hydroxylation is 2. The molecule has 0 amide bonds. The van der Waals surface area contributed by atoms with Crippen molar-refractivity contribution in [2.24, 2.45) is 7.05 Å². The SMILES string of the molecule is Cc1cc2c(cc1-c1cccc[n+]1C)c1cccc3c4c(n2c31)-c1ccccc1C4(C)C. The van der Waals surface area contributed by atoms with Crippen molar-refractivity contribution in [1.29, 1.82) is 0 Å². The molecule has 0 N–H and O–H groups in total. The smallest absolute Gasteiger partial charge is 0.212 e. The zero-order chi connectivity index (χ0) is 21.8. The molecule has 1 aliphatic rings. The van der Waals surface area contributed by atoms with Crippen LogP contribution in [-0.4, -0.2) is 4.40 Å². The van der Waals surface area contributed by atoms with Gasteiger partial charge in [-0.2, -0.15) is 0 Å². The van der Waals surface area contributed by atoms with Crippen molar-refractivity contribution in [3.63, 3.8) is 0 Å². The van der Waals surface area contributed by atoms with E-state index < -0.39 is 0 Å². The summed E-state index contributed by atoms with van der Waals surface area (Å²) in [5.41, 5.74) is 12.2. The first kappa shape index (κ1) is 18.0. The summed E-state index contributed by atoms with van der Waals surface area (Å²) in [7, 11) is 2.12. The molecule has 0 aliphatic heterocycles. The molecule has 0 saturated carbocycles. The van der Waals surface area contributed by atoms with E-state index in [-0.39, 0.29) is 5.41 Å².